The van der Waals surface area contributed by atoms with Gasteiger partial charge >= 0.3 is 5.97 Å². The Bertz CT molecular complexity index is 1280. The number of anilines is 2. The van der Waals surface area contributed by atoms with Crippen molar-refractivity contribution in [2.75, 3.05) is 11.9 Å². The van der Waals surface area contributed by atoms with Gasteiger partial charge in [0.15, 0.2) is 0 Å². The number of carbonyl (C=O) groups is 1. The van der Waals surface area contributed by atoms with Crippen molar-refractivity contribution >= 4 is 17.3 Å². The van der Waals surface area contributed by atoms with Crippen LogP contribution >= 0.6 is 0 Å². The third-order valence-electron chi connectivity index (χ3n) is 8.30. The van der Waals surface area contributed by atoms with Crippen molar-refractivity contribution in [3.8, 4) is 11.8 Å². The van der Waals surface area contributed by atoms with E-state index in [9.17, 15) is 9.90 Å². The highest BCUT2D eigenvalue weighted by atomic mass is 16.4. The fourth-order valence-corrected chi connectivity index (χ4v) is 6.78. The molecule has 3 heteroatoms. The monoisotopic (exact) mass is 477 g/mol. The van der Waals surface area contributed by atoms with E-state index in [2.05, 4.69) is 50.0 Å². The lowest BCUT2D eigenvalue weighted by Crippen LogP contribution is -2.38. The maximum atomic E-state index is 11.6. The van der Waals surface area contributed by atoms with Crippen molar-refractivity contribution < 1.29 is 9.90 Å². The minimum absolute atomic E-state index is 0.284. The zero-order chi connectivity index (χ0) is 25.3. The lowest BCUT2D eigenvalue weighted by Gasteiger charge is -2.47. The molecule has 2 saturated carbocycles. The fourth-order valence-electron chi connectivity index (χ4n) is 6.78. The van der Waals surface area contributed by atoms with Crippen molar-refractivity contribution in [1.29, 1.82) is 0 Å². The second-order valence-electron chi connectivity index (χ2n) is 11.3. The van der Waals surface area contributed by atoms with Crippen LogP contribution in [0.2, 0.25) is 0 Å². The maximum absolute atomic E-state index is 11.6. The smallest absolute Gasteiger partial charge is 0.337 e. The van der Waals surface area contributed by atoms with E-state index < -0.39 is 5.97 Å². The molecule has 36 heavy (non-hydrogen) atoms. The zero-order valence-corrected chi connectivity index (χ0v) is 21.5. The Hall–Kier alpha value is -3.51. The van der Waals surface area contributed by atoms with Crippen LogP contribution in [0.25, 0.3) is 0 Å². The number of carboxylic acids is 1. The van der Waals surface area contributed by atoms with Crippen LogP contribution in [0.15, 0.2) is 72.8 Å². The quantitative estimate of drug-likeness (QED) is 0.392. The number of benzene rings is 3. The van der Waals surface area contributed by atoms with Gasteiger partial charge in [0, 0.05) is 23.9 Å². The number of aromatic carboxylic acids is 1. The molecule has 2 fully saturated rings. The molecule has 0 amide bonds. The predicted octanol–water partition coefficient (Wildman–Crippen LogP) is 7.66. The molecule has 1 N–H and O–H groups in total. The fraction of sp³-hybridized carbons (Fsp3) is 0.364. The first-order valence-corrected chi connectivity index (χ1v) is 13.1. The lowest BCUT2D eigenvalue weighted by atomic mass is 9.57. The molecule has 2 aliphatic rings. The SMILES string of the molecule is CC1CC2CC(C1)CC(C)(c1ccc(C#Cc3ccc(N(C)c4ccccc4C(=O)O)cc3)cc1)C2. The molecule has 0 heterocycles. The molecule has 0 radical (unpaired) electrons. The van der Waals surface area contributed by atoms with Gasteiger partial charge in [0.1, 0.15) is 0 Å². The first-order valence-electron chi connectivity index (χ1n) is 13.1. The van der Waals surface area contributed by atoms with Crippen molar-refractivity contribution in [2.45, 2.75) is 51.4 Å². The Kier molecular flexibility index (Phi) is 6.63. The van der Waals surface area contributed by atoms with Crippen molar-refractivity contribution in [1.82, 2.24) is 0 Å². The minimum atomic E-state index is -0.930. The van der Waals surface area contributed by atoms with Crippen LogP contribution in [0.3, 0.4) is 0 Å². The van der Waals surface area contributed by atoms with E-state index in [-0.39, 0.29) is 5.56 Å². The third-order valence-corrected chi connectivity index (χ3v) is 8.30. The molecule has 184 valence electrons. The number of nitrogens with zero attached hydrogens (tertiary/aromatic N) is 1. The molecule has 0 spiro atoms. The molecule has 0 saturated heterocycles. The van der Waals surface area contributed by atoms with Crippen LogP contribution in [0.4, 0.5) is 11.4 Å². The van der Waals surface area contributed by atoms with Crippen LogP contribution in [0, 0.1) is 29.6 Å². The summed E-state index contributed by atoms with van der Waals surface area (Å²) in [5, 5.41) is 9.49. The van der Waals surface area contributed by atoms with E-state index >= 15 is 0 Å². The molecule has 3 aromatic carbocycles. The predicted molar refractivity (Wildman–Crippen MR) is 147 cm³/mol. The summed E-state index contributed by atoms with van der Waals surface area (Å²) in [7, 11) is 1.88. The molecule has 5 rings (SSSR count). The highest BCUT2D eigenvalue weighted by Gasteiger charge is 2.41. The van der Waals surface area contributed by atoms with E-state index in [4.69, 9.17) is 0 Å². The Labute approximate surface area is 215 Å². The summed E-state index contributed by atoms with van der Waals surface area (Å²) in [5.74, 6) is 8.33. The van der Waals surface area contributed by atoms with Gasteiger partial charge in [0.05, 0.1) is 11.3 Å². The number of hydrogen-bond donors (Lipinski definition) is 1. The lowest BCUT2D eigenvalue weighted by molar-refractivity contribution is 0.0697. The molecular weight excluding hydrogens is 442 g/mol. The molecule has 2 aliphatic carbocycles. The maximum Gasteiger partial charge on any atom is 0.337 e. The number of hydrogen-bond acceptors (Lipinski definition) is 2. The standard InChI is InChI=1S/C33H35NO2/c1-23-18-26-20-27(19-23)22-33(2,21-26)28-14-10-24(11-15-28)8-9-25-12-16-29(17-13-25)34(3)31-7-5-4-6-30(31)32(35)36/h4-7,10-17,23,26-27H,18-22H2,1-3H3,(H,35,36). The summed E-state index contributed by atoms with van der Waals surface area (Å²) in [6.45, 7) is 4.90. The van der Waals surface area contributed by atoms with Gasteiger partial charge in [-0.2, -0.15) is 0 Å². The van der Waals surface area contributed by atoms with E-state index in [1.165, 1.54) is 37.7 Å². The molecule has 3 nitrogen and oxygen atoms in total. The normalized spacial score (nSPS) is 24.9. The summed E-state index contributed by atoms with van der Waals surface area (Å²) in [6, 6.07) is 23.9. The first kappa shape index (κ1) is 24.2. The summed E-state index contributed by atoms with van der Waals surface area (Å²) in [6.07, 6.45) is 6.87. The number of rotatable bonds is 4. The van der Waals surface area contributed by atoms with E-state index in [0.717, 1.165) is 34.6 Å². The van der Waals surface area contributed by atoms with Crippen LogP contribution in [0.5, 0.6) is 0 Å². The van der Waals surface area contributed by atoms with Gasteiger partial charge in [-0.25, -0.2) is 4.79 Å². The van der Waals surface area contributed by atoms with Gasteiger partial charge in [-0.15, -0.1) is 0 Å². The molecule has 2 atom stereocenters. The van der Waals surface area contributed by atoms with Crippen molar-refractivity contribution in [3.63, 3.8) is 0 Å². The van der Waals surface area contributed by atoms with Crippen LogP contribution in [0.1, 0.15) is 73.0 Å². The Morgan fingerprint density at radius 2 is 1.42 bits per heavy atom. The van der Waals surface area contributed by atoms with Gasteiger partial charge in [-0.3, -0.25) is 0 Å². The topological polar surface area (TPSA) is 40.5 Å². The zero-order valence-electron chi connectivity index (χ0n) is 21.5. The van der Waals surface area contributed by atoms with Crippen LogP contribution < -0.4 is 4.90 Å². The molecule has 0 aliphatic heterocycles. The molecule has 3 aromatic rings. The summed E-state index contributed by atoms with van der Waals surface area (Å²) in [4.78, 5) is 13.5. The number of para-hydroxylation sites is 1. The van der Waals surface area contributed by atoms with Gasteiger partial charge in [0.2, 0.25) is 0 Å². The molecule has 0 aromatic heterocycles. The van der Waals surface area contributed by atoms with Crippen LogP contribution in [-0.2, 0) is 5.41 Å². The van der Waals surface area contributed by atoms with E-state index in [0.29, 0.717) is 11.1 Å². The van der Waals surface area contributed by atoms with Gasteiger partial charge in [-0.05, 0) is 109 Å². The Morgan fingerprint density at radius 3 is 2.00 bits per heavy atom. The summed E-state index contributed by atoms with van der Waals surface area (Å²) < 4.78 is 0. The largest absolute Gasteiger partial charge is 0.478 e. The first-order chi connectivity index (χ1) is 17.3. The van der Waals surface area contributed by atoms with E-state index in [1.54, 1.807) is 12.1 Å². The highest BCUT2D eigenvalue weighted by Crippen LogP contribution is 2.51. The number of carboxylic acid groups (broad SMARTS) is 1. The third kappa shape index (κ3) is 5.05. The Morgan fingerprint density at radius 1 is 0.861 bits per heavy atom. The second kappa shape index (κ2) is 9.86. The van der Waals surface area contributed by atoms with Crippen LogP contribution in [-0.4, -0.2) is 18.1 Å². The summed E-state index contributed by atoms with van der Waals surface area (Å²) in [5.41, 5.74) is 5.58. The number of fused-ring (bicyclic) bond motifs is 2. The average Bonchev–Trinajstić information content (AvgIpc) is 2.87. The van der Waals surface area contributed by atoms with Crippen molar-refractivity contribution in [3.05, 3.63) is 95.1 Å². The van der Waals surface area contributed by atoms with E-state index in [1.807, 2.05) is 48.3 Å². The summed E-state index contributed by atoms with van der Waals surface area (Å²) >= 11 is 0. The average molecular weight is 478 g/mol. The Balaban J connectivity index is 1.28. The molecule has 2 unspecified atom stereocenters. The van der Waals surface area contributed by atoms with Gasteiger partial charge in [0.25, 0.3) is 0 Å². The molecule has 2 bridgehead atoms. The second-order valence-corrected chi connectivity index (χ2v) is 11.3. The highest BCUT2D eigenvalue weighted by molar-refractivity contribution is 5.95. The minimum Gasteiger partial charge on any atom is -0.478 e. The van der Waals surface area contributed by atoms with Crippen molar-refractivity contribution in [2.24, 2.45) is 17.8 Å². The van der Waals surface area contributed by atoms with Gasteiger partial charge in [-0.1, -0.05) is 50.0 Å². The molecular formula is C33H35NO2. The van der Waals surface area contributed by atoms with Gasteiger partial charge < -0.3 is 10.0 Å².